The summed E-state index contributed by atoms with van der Waals surface area (Å²) in [6.45, 7) is 1.81. The topological polar surface area (TPSA) is 105 Å². The highest BCUT2D eigenvalue weighted by molar-refractivity contribution is 5.99. The van der Waals surface area contributed by atoms with E-state index in [4.69, 9.17) is 10.8 Å². The molecule has 0 saturated heterocycles. The molecule has 108 valence electrons. The number of aliphatic carboxylic acids is 1. The molecule has 0 radical (unpaired) electrons. The van der Waals surface area contributed by atoms with E-state index in [0.717, 1.165) is 18.4 Å². The van der Waals surface area contributed by atoms with Crippen molar-refractivity contribution in [2.45, 2.75) is 38.6 Å². The van der Waals surface area contributed by atoms with E-state index in [0.29, 0.717) is 24.2 Å². The lowest BCUT2D eigenvalue weighted by atomic mass is 9.86. The molecule has 1 aromatic rings. The van der Waals surface area contributed by atoms with E-state index in [2.05, 4.69) is 10.3 Å². The molecule has 0 unspecified atom stereocenters. The van der Waals surface area contributed by atoms with Gasteiger partial charge < -0.3 is 16.2 Å². The van der Waals surface area contributed by atoms with Crippen LogP contribution in [-0.2, 0) is 4.79 Å². The summed E-state index contributed by atoms with van der Waals surface area (Å²) in [5.74, 6) is -0.988. The number of pyridine rings is 1. The summed E-state index contributed by atoms with van der Waals surface area (Å²) < 4.78 is 0. The van der Waals surface area contributed by atoms with Crippen molar-refractivity contribution in [2.75, 3.05) is 5.32 Å². The van der Waals surface area contributed by atoms with Gasteiger partial charge in [0.25, 0.3) is 5.91 Å². The number of carboxylic acids is 1. The third kappa shape index (κ3) is 3.07. The first-order valence-corrected chi connectivity index (χ1v) is 6.73. The van der Waals surface area contributed by atoms with Crippen LogP contribution >= 0.6 is 0 Å². The molecule has 0 aromatic carbocycles. The van der Waals surface area contributed by atoms with E-state index in [-0.39, 0.29) is 12.0 Å². The summed E-state index contributed by atoms with van der Waals surface area (Å²) in [4.78, 5) is 26.6. The molecule has 1 fully saturated rings. The zero-order valence-corrected chi connectivity index (χ0v) is 11.4. The quantitative estimate of drug-likeness (QED) is 0.774. The van der Waals surface area contributed by atoms with Crippen molar-refractivity contribution in [1.29, 1.82) is 0 Å². The van der Waals surface area contributed by atoms with Crippen LogP contribution in [0, 0.1) is 12.8 Å². The molecule has 0 atom stereocenters. The SMILES string of the molecule is Cc1ccnc(NC2CCC(C(=O)O)CC2)c1C(N)=O. The van der Waals surface area contributed by atoms with E-state index in [9.17, 15) is 9.59 Å². The molecule has 1 saturated carbocycles. The minimum atomic E-state index is -0.727. The second-order valence-electron chi connectivity index (χ2n) is 5.25. The molecular weight excluding hydrogens is 258 g/mol. The van der Waals surface area contributed by atoms with Crippen molar-refractivity contribution in [1.82, 2.24) is 4.98 Å². The fourth-order valence-corrected chi connectivity index (χ4v) is 2.66. The Kier molecular flexibility index (Phi) is 4.22. The van der Waals surface area contributed by atoms with Crippen LogP contribution < -0.4 is 11.1 Å². The Morgan fingerprint density at radius 2 is 2.00 bits per heavy atom. The fourth-order valence-electron chi connectivity index (χ4n) is 2.66. The monoisotopic (exact) mass is 277 g/mol. The number of carbonyl (C=O) groups is 2. The van der Waals surface area contributed by atoms with Crippen LogP contribution in [0.3, 0.4) is 0 Å². The van der Waals surface area contributed by atoms with Gasteiger partial charge in [0.05, 0.1) is 11.5 Å². The zero-order valence-electron chi connectivity index (χ0n) is 11.4. The minimum absolute atomic E-state index is 0.137. The van der Waals surface area contributed by atoms with Gasteiger partial charge in [-0.3, -0.25) is 9.59 Å². The maximum Gasteiger partial charge on any atom is 0.306 e. The first kappa shape index (κ1) is 14.3. The normalized spacial score (nSPS) is 22.2. The summed E-state index contributed by atoms with van der Waals surface area (Å²) in [5, 5.41) is 12.2. The number of primary amides is 1. The number of nitrogens with one attached hydrogen (secondary N) is 1. The molecule has 0 bridgehead atoms. The molecule has 1 amide bonds. The summed E-state index contributed by atoms with van der Waals surface area (Å²) in [6.07, 6.45) is 4.43. The highest BCUT2D eigenvalue weighted by atomic mass is 16.4. The lowest BCUT2D eigenvalue weighted by Gasteiger charge is -2.27. The Hall–Kier alpha value is -2.11. The summed E-state index contributed by atoms with van der Waals surface area (Å²) in [5.41, 5.74) is 6.58. The predicted octanol–water partition coefficient (Wildman–Crippen LogP) is 1.54. The minimum Gasteiger partial charge on any atom is -0.481 e. The van der Waals surface area contributed by atoms with Crippen LogP contribution in [0.25, 0.3) is 0 Å². The van der Waals surface area contributed by atoms with Gasteiger partial charge in [0, 0.05) is 12.2 Å². The average molecular weight is 277 g/mol. The summed E-state index contributed by atoms with van der Waals surface area (Å²) in [7, 11) is 0. The van der Waals surface area contributed by atoms with Gasteiger partial charge in [0.15, 0.2) is 0 Å². The Labute approximate surface area is 117 Å². The maximum atomic E-state index is 11.5. The number of rotatable bonds is 4. The predicted molar refractivity (Wildman–Crippen MR) is 74.5 cm³/mol. The molecule has 0 aliphatic heterocycles. The van der Waals surface area contributed by atoms with Crippen LogP contribution in [0.15, 0.2) is 12.3 Å². The first-order valence-electron chi connectivity index (χ1n) is 6.73. The molecule has 1 aromatic heterocycles. The van der Waals surface area contributed by atoms with Crippen LogP contribution in [-0.4, -0.2) is 28.0 Å². The Morgan fingerprint density at radius 1 is 1.35 bits per heavy atom. The Balaban J connectivity index is 2.07. The van der Waals surface area contributed by atoms with Gasteiger partial charge in [0.2, 0.25) is 0 Å². The fraction of sp³-hybridized carbons (Fsp3) is 0.500. The largest absolute Gasteiger partial charge is 0.481 e. The van der Waals surface area contributed by atoms with Crippen molar-refractivity contribution in [2.24, 2.45) is 11.7 Å². The van der Waals surface area contributed by atoms with Crippen molar-refractivity contribution >= 4 is 17.7 Å². The van der Waals surface area contributed by atoms with E-state index in [1.807, 2.05) is 6.92 Å². The highest BCUT2D eigenvalue weighted by Crippen LogP contribution is 2.27. The lowest BCUT2D eigenvalue weighted by Crippen LogP contribution is -2.30. The molecule has 6 heteroatoms. The maximum absolute atomic E-state index is 11.5. The average Bonchev–Trinajstić information content (AvgIpc) is 2.39. The zero-order chi connectivity index (χ0) is 14.7. The van der Waals surface area contributed by atoms with Crippen LogP contribution in [0.2, 0.25) is 0 Å². The molecule has 6 nitrogen and oxygen atoms in total. The summed E-state index contributed by atoms with van der Waals surface area (Å²) >= 11 is 0. The van der Waals surface area contributed by atoms with Gasteiger partial charge in [-0.05, 0) is 44.2 Å². The number of carbonyl (C=O) groups excluding carboxylic acids is 1. The smallest absolute Gasteiger partial charge is 0.306 e. The molecule has 4 N–H and O–H groups in total. The van der Waals surface area contributed by atoms with Crippen molar-refractivity contribution in [3.63, 3.8) is 0 Å². The van der Waals surface area contributed by atoms with E-state index >= 15 is 0 Å². The number of aromatic nitrogens is 1. The van der Waals surface area contributed by atoms with Gasteiger partial charge in [-0.2, -0.15) is 0 Å². The van der Waals surface area contributed by atoms with Gasteiger partial charge >= 0.3 is 5.97 Å². The number of anilines is 1. The third-order valence-corrected chi connectivity index (χ3v) is 3.82. The number of aryl methyl sites for hydroxylation is 1. The second-order valence-corrected chi connectivity index (χ2v) is 5.25. The van der Waals surface area contributed by atoms with Crippen molar-refractivity contribution in [3.05, 3.63) is 23.4 Å². The molecule has 1 aliphatic rings. The van der Waals surface area contributed by atoms with Crippen LogP contribution in [0.4, 0.5) is 5.82 Å². The standard InChI is InChI=1S/C14H19N3O3/c1-8-6-7-16-13(11(8)12(15)18)17-10-4-2-9(3-5-10)14(19)20/h6-7,9-10H,2-5H2,1H3,(H2,15,18)(H,16,17)(H,19,20). The molecule has 2 rings (SSSR count). The molecule has 0 spiro atoms. The Morgan fingerprint density at radius 3 is 2.55 bits per heavy atom. The molecule has 1 heterocycles. The number of carboxylic acid groups (broad SMARTS) is 1. The lowest BCUT2D eigenvalue weighted by molar-refractivity contribution is -0.142. The van der Waals surface area contributed by atoms with Crippen LogP contribution in [0.1, 0.15) is 41.6 Å². The van der Waals surface area contributed by atoms with Crippen LogP contribution in [0.5, 0.6) is 0 Å². The van der Waals surface area contributed by atoms with E-state index in [1.165, 1.54) is 0 Å². The summed E-state index contributed by atoms with van der Waals surface area (Å²) in [6, 6.07) is 1.88. The number of hydrogen-bond acceptors (Lipinski definition) is 4. The third-order valence-electron chi connectivity index (χ3n) is 3.82. The molecule has 1 aliphatic carbocycles. The van der Waals surface area contributed by atoms with Gasteiger partial charge in [-0.1, -0.05) is 0 Å². The molecular formula is C14H19N3O3. The molecule has 20 heavy (non-hydrogen) atoms. The Bertz CT molecular complexity index is 522. The number of nitrogens with zero attached hydrogens (tertiary/aromatic N) is 1. The van der Waals surface area contributed by atoms with E-state index < -0.39 is 11.9 Å². The highest BCUT2D eigenvalue weighted by Gasteiger charge is 2.26. The number of nitrogens with two attached hydrogens (primary N) is 1. The second kappa shape index (κ2) is 5.90. The van der Waals surface area contributed by atoms with Gasteiger partial charge in [-0.15, -0.1) is 0 Å². The van der Waals surface area contributed by atoms with Crippen molar-refractivity contribution in [3.8, 4) is 0 Å². The van der Waals surface area contributed by atoms with Gasteiger partial charge in [-0.25, -0.2) is 4.98 Å². The number of amides is 1. The first-order chi connectivity index (χ1) is 9.49. The van der Waals surface area contributed by atoms with E-state index in [1.54, 1.807) is 12.3 Å². The number of hydrogen-bond donors (Lipinski definition) is 3. The van der Waals surface area contributed by atoms with Crippen molar-refractivity contribution < 1.29 is 14.7 Å². The van der Waals surface area contributed by atoms with Gasteiger partial charge in [0.1, 0.15) is 5.82 Å².